The average Bonchev–Trinajstić information content (AvgIpc) is 4.07. The van der Waals surface area contributed by atoms with E-state index in [4.69, 9.17) is 23.9 Å². The van der Waals surface area contributed by atoms with Gasteiger partial charge in [0.05, 0.1) is 40.2 Å². The van der Waals surface area contributed by atoms with Crippen molar-refractivity contribution in [2.75, 3.05) is 56.3 Å². The van der Waals surface area contributed by atoms with Crippen LogP contribution < -0.4 is 29.1 Å². The number of carbonyl (C=O) groups is 1. The van der Waals surface area contributed by atoms with Gasteiger partial charge in [0, 0.05) is 73.2 Å². The lowest BCUT2D eigenvalue weighted by molar-refractivity contribution is -0.384. The third-order valence-corrected chi connectivity index (χ3v) is 18.4. The van der Waals surface area contributed by atoms with E-state index < -0.39 is 37.0 Å². The number of amides is 1. The maximum atomic E-state index is 14.5. The minimum Gasteiger partial charge on any atom is -0.489 e. The number of nitro groups is 1. The van der Waals surface area contributed by atoms with Crippen LogP contribution >= 0.6 is 0 Å². The normalized spacial score (nSPS) is 25.2. The van der Waals surface area contributed by atoms with Gasteiger partial charge in [-0.3, -0.25) is 19.8 Å². The predicted molar refractivity (Wildman–Crippen MR) is 281 cm³/mol. The van der Waals surface area contributed by atoms with Gasteiger partial charge in [-0.1, -0.05) is 38.1 Å². The number of hydrogen-bond acceptors (Lipinski definition) is 14. The number of rotatable bonds is 14. The SMILES string of the molecule is CC(C)c1ccccc1[C@@H]1CCCN1C1CC2(CCN(c3ccc(C(=O)NS(=O)(=O)c4cc5c(c([N+](=O)[O-])c4)N[C@@H]([C@H]4CC[C@](C)(O)CC4)CO5)c(Oc4cc5cc[nH]c5nc4OC[C@@H]4CCCOC4)c3)CC2)C1. The standard InChI is InChI=1S/C56H69N7O10S/c1-35(2)42-9-4-5-10-43(42)46-11-6-22-62(46)40-30-56(31-40)19-23-61(24-20-56)39-12-13-44(48(27-39)73-50-26-38-16-21-57-52(38)59-54(50)72-33-36-8-7-25-70-32-36)53(64)60-74(68,69)41-28-47(63(66)67)51-49(29-41)71-34-45(58-51)37-14-17-55(3,65)18-15-37/h4-5,9-10,12-13,16,21,26-29,35-37,40,45-46,58,65H,6-8,11,14-15,17-20,22-25,30-34H2,1-3H3,(H,57,59)(H,60,64)/t36-,37-,45-,46+,55-/m1/s1. The molecule has 11 rings (SSSR count). The number of nitro benzene ring substituents is 1. The zero-order valence-corrected chi connectivity index (χ0v) is 43.5. The molecule has 3 saturated heterocycles. The highest BCUT2D eigenvalue weighted by Crippen LogP contribution is 2.55. The van der Waals surface area contributed by atoms with Gasteiger partial charge in [-0.15, -0.1) is 0 Å². The number of pyridine rings is 1. The molecule has 5 fully saturated rings. The molecule has 17 nitrogen and oxygen atoms in total. The summed E-state index contributed by atoms with van der Waals surface area (Å²) < 4.78 is 55.4. The van der Waals surface area contributed by atoms with Crippen molar-refractivity contribution in [3.63, 3.8) is 0 Å². The monoisotopic (exact) mass is 1030 g/mol. The first-order chi connectivity index (χ1) is 35.6. The number of H-pyrrole nitrogens is 1. The maximum Gasteiger partial charge on any atom is 0.297 e. The van der Waals surface area contributed by atoms with Gasteiger partial charge >= 0.3 is 0 Å². The zero-order chi connectivity index (χ0) is 51.4. The predicted octanol–water partition coefficient (Wildman–Crippen LogP) is 10.0. The van der Waals surface area contributed by atoms with E-state index in [0.717, 1.165) is 62.5 Å². The number of nitrogens with one attached hydrogen (secondary N) is 3. The molecule has 0 unspecified atom stereocenters. The van der Waals surface area contributed by atoms with E-state index in [1.807, 2.05) is 19.1 Å². The van der Waals surface area contributed by atoms with Crippen LogP contribution in [-0.4, -0.2) is 103 Å². The summed E-state index contributed by atoms with van der Waals surface area (Å²) in [4.78, 5) is 38.8. The van der Waals surface area contributed by atoms with E-state index in [2.05, 4.69) is 62.9 Å². The average molecular weight is 1030 g/mol. The van der Waals surface area contributed by atoms with Crippen LogP contribution in [0, 0.1) is 27.4 Å². The van der Waals surface area contributed by atoms with Crippen molar-refractivity contribution in [3.8, 4) is 23.1 Å². The molecule has 5 aromatic rings. The second-order valence-electron chi connectivity index (χ2n) is 22.5. The Morgan fingerprint density at radius 2 is 1.77 bits per heavy atom. The van der Waals surface area contributed by atoms with Gasteiger partial charge in [0.2, 0.25) is 0 Å². The molecule has 1 amide bonds. The number of ether oxygens (including phenoxy) is 4. The minimum atomic E-state index is -4.72. The molecule has 0 radical (unpaired) electrons. The first-order valence-electron chi connectivity index (χ1n) is 26.7. The van der Waals surface area contributed by atoms with Crippen LogP contribution in [-0.2, 0) is 14.8 Å². The van der Waals surface area contributed by atoms with Crippen molar-refractivity contribution < 1.29 is 42.2 Å². The summed E-state index contributed by atoms with van der Waals surface area (Å²) >= 11 is 0. The maximum absolute atomic E-state index is 14.5. The Labute approximate surface area is 432 Å². The van der Waals surface area contributed by atoms with Crippen LogP contribution in [0.4, 0.5) is 17.1 Å². The van der Waals surface area contributed by atoms with Gasteiger partial charge in [-0.05, 0) is 143 Å². The molecular formula is C56H69N7O10S. The lowest BCUT2D eigenvalue weighted by Crippen LogP contribution is -2.54. The van der Waals surface area contributed by atoms with E-state index in [1.54, 1.807) is 24.4 Å². The van der Waals surface area contributed by atoms with Gasteiger partial charge in [0.25, 0.3) is 27.5 Å². The molecule has 18 heteroatoms. The molecule has 1 spiro atoms. The zero-order valence-electron chi connectivity index (χ0n) is 42.6. The summed E-state index contributed by atoms with van der Waals surface area (Å²) in [5.74, 6) is 0.251. The molecule has 2 saturated carbocycles. The number of aromatic nitrogens is 2. The lowest BCUT2D eigenvalue weighted by Gasteiger charge is -2.56. The Bertz CT molecular complexity index is 3000. The number of fused-ring (bicyclic) bond motifs is 2. The van der Waals surface area contributed by atoms with Crippen LogP contribution in [0.2, 0.25) is 0 Å². The smallest absolute Gasteiger partial charge is 0.297 e. The summed E-state index contributed by atoms with van der Waals surface area (Å²) in [5, 5.41) is 27.0. The number of aliphatic hydroxyl groups is 1. The number of sulfonamides is 1. The van der Waals surface area contributed by atoms with Crippen molar-refractivity contribution in [2.24, 2.45) is 17.3 Å². The van der Waals surface area contributed by atoms with Gasteiger partial charge in [0.15, 0.2) is 17.2 Å². The highest BCUT2D eigenvalue weighted by molar-refractivity contribution is 7.90. The second-order valence-corrected chi connectivity index (χ2v) is 24.2. The number of carbonyl (C=O) groups excluding carboxylic acids is 1. The summed E-state index contributed by atoms with van der Waals surface area (Å²) in [6, 6.07) is 20.7. The van der Waals surface area contributed by atoms with Crippen molar-refractivity contribution in [2.45, 2.75) is 132 Å². The molecule has 0 bridgehead atoms. The number of anilines is 2. The van der Waals surface area contributed by atoms with E-state index >= 15 is 0 Å². The van der Waals surface area contributed by atoms with Crippen molar-refractivity contribution in [1.82, 2.24) is 19.6 Å². The van der Waals surface area contributed by atoms with Gasteiger partial charge in [-0.25, -0.2) is 13.1 Å². The van der Waals surface area contributed by atoms with E-state index in [0.29, 0.717) is 69.2 Å². The molecular weight excluding hydrogens is 963 g/mol. The van der Waals surface area contributed by atoms with Gasteiger partial charge in [0.1, 0.15) is 18.0 Å². The highest BCUT2D eigenvalue weighted by atomic mass is 32.2. The second kappa shape index (κ2) is 20.3. The fourth-order valence-corrected chi connectivity index (χ4v) is 13.8. The lowest BCUT2D eigenvalue weighted by atomic mass is 9.59. The molecule has 6 aliphatic rings. The first kappa shape index (κ1) is 50.2. The molecule has 2 aliphatic carbocycles. The third-order valence-electron chi connectivity index (χ3n) is 17.1. The van der Waals surface area contributed by atoms with E-state index in [1.165, 1.54) is 42.9 Å². The molecule has 4 aliphatic heterocycles. The first-order valence-corrected chi connectivity index (χ1v) is 28.2. The Morgan fingerprint density at radius 3 is 2.53 bits per heavy atom. The molecule has 2 aromatic heterocycles. The van der Waals surface area contributed by atoms with Crippen molar-refractivity contribution in [1.29, 1.82) is 0 Å². The molecule has 394 valence electrons. The summed E-state index contributed by atoms with van der Waals surface area (Å²) in [7, 11) is -4.72. The van der Waals surface area contributed by atoms with Crippen LogP contribution in [0.25, 0.3) is 11.0 Å². The number of benzene rings is 3. The summed E-state index contributed by atoms with van der Waals surface area (Å²) in [6.07, 6.45) is 13.0. The highest BCUT2D eigenvalue weighted by Gasteiger charge is 2.50. The quantitative estimate of drug-likeness (QED) is 0.0603. The van der Waals surface area contributed by atoms with Crippen molar-refractivity contribution >= 4 is 44.0 Å². The van der Waals surface area contributed by atoms with Crippen LogP contribution in [0.1, 0.15) is 131 Å². The molecule has 4 N–H and O–H groups in total. The number of aromatic amines is 1. The number of hydrogen-bond donors (Lipinski definition) is 4. The van der Waals surface area contributed by atoms with E-state index in [-0.39, 0.29) is 64.3 Å². The Kier molecular flexibility index (Phi) is 13.8. The third kappa shape index (κ3) is 10.3. The molecule has 6 heterocycles. The molecule has 3 atom stereocenters. The minimum absolute atomic E-state index is 0.00666. The van der Waals surface area contributed by atoms with Crippen molar-refractivity contribution in [3.05, 3.63) is 99.7 Å². The largest absolute Gasteiger partial charge is 0.489 e. The van der Waals surface area contributed by atoms with Gasteiger partial charge in [-0.2, -0.15) is 4.98 Å². The van der Waals surface area contributed by atoms with Crippen LogP contribution in [0.5, 0.6) is 23.1 Å². The Hall–Kier alpha value is -5.95. The molecule has 74 heavy (non-hydrogen) atoms. The summed E-state index contributed by atoms with van der Waals surface area (Å²) in [6.45, 7) is 10.9. The number of piperidine rings is 1. The number of nitrogens with zero attached hydrogens (tertiary/aromatic N) is 4. The fraction of sp³-hybridized carbons (Fsp3) is 0.536. The fourth-order valence-electron chi connectivity index (χ4n) is 12.8. The van der Waals surface area contributed by atoms with Crippen LogP contribution in [0.15, 0.2) is 77.8 Å². The Morgan fingerprint density at radius 1 is 0.973 bits per heavy atom. The summed E-state index contributed by atoms with van der Waals surface area (Å²) in [5.41, 5.74) is 3.35. The Balaban J connectivity index is 0.843. The topological polar surface area (TPSA) is 211 Å². The van der Waals surface area contributed by atoms with E-state index in [9.17, 15) is 28.4 Å². The number of likely N-dealkylation sites (tertiary alicyclic amines) is 1. The van der Waals surface area contributed by atoms with Crippen LogP contribution in [0.3, 0.4) is 0 Å². The van der Waals surface area contributed by atoms with Gasteiger partial charge < -0.3 is 39.3 Å². The molecule has 3 aromatic carbocycles.